The van der Waals surface area contributed by atoms with Crippen LogP contribution in [0, 0.1) is 18.3 Å². The van der Waals surface area contributed by atoms with Crippen molar-refractivity contribution >= 4 is 11.6 Å². The quantitative estimate of drug-likeness (QED) is 0.858. The zero-order valence-electron chi connectivity index (χ0n) is 13.6. The number of amides is 1. The lowest BCUT2D eigenvalue weighted by atomic mass is 9.82. The zero-order valence-corrected chi connectivity index (χ0v) is 13.6. The second-order valence-corrected chi connectivity index (χ2v) is 6.54. The number of nitrogens with one attached hydrogen (secondary N) is 2. The van der Waals surface area contributed by atoms with Gasteiger partial charge in [0.25, 0.3) is 5.91 Å². The number of carbonyl (C=O) groups excluding carboxylic acids is 1. The van der Waals surface area contributed by atoms with Crippen LogP contribution in [0.4, 0.5) is 5.69 Å². The lowest BCUT2D eigenvalue weighted by molar-refractivity contribution is 0.0937. The van der Waals surface area contributed by atoms with E-state index in [2.05, 4.69) is 45.3 Å². The van der Waals surface area contributed by atoms with Gasteiger partial charge in [0.05, 0.1) is 0 Å². The molecule has 0 aliphatic rings. The normalized spacial score (nSPS) is 12.9. The molecule has 0 saturated heterocycles. The van der Waals surface area contributed by atoms with Crippen molar-refractivity contribution in [1.29, 1.82) is 0 Å². The van der Waals surface area contributed by atoms with E-state index in [4.69, 9.17) is 0 Å². The van der Waals surface area contributed by atoms with Gasteiger partial charge in [-0.3, -0.25) is 4.79 Å². The Morgan fingerprint density at radius 2 is 1.95 bits per heavy atom. The van der Waals surface area contributed by atoms with Crippen LogP contribution in [0.25, 0.3) is 0 Å². The summed E-state index contributed by atoms with van der Waals surface area (Å²) in [5.74, 6) is 0.445. The second-order valence-electron chi connectivity index (χ2n) is 6.54. The fourth-order valence-corrected chi connectivity index (χ4v) is 1.85. The largest absolute Gasteiger partial charge is 0.385 e. The van der Waals surface area contributed by atoms with Crippen molar-refractivity contribution in [1.82, 2.24) is 5.32 Å². The maximum Gasteiger partial charge on any atom is 0.251 e. The molecule has 0 bridgehead atoms. The average Bonchev–Trinajstić information content (AvgIpc) is 2.37. The maximum atomic E-state index is 12.2. The summed E-state index contributed by atoms with van der Waals surface area (Å²) in [6.45, 7) is 14.4. The molecule has 0 saturated carbocycles. The molecule has 2 N–H and O–H groups in total. The smallest absolute Gasteiger partial charge is 0.251 e. The van der Waals surface area contributed by atoms with Crippen molar-refractivity contribution in [3.63, 3.8) is 0 Å². The molecule has 0 aromatic heterocycles. The van der Waals surface area contributed by atoms with Gasteiger partial charge in [-0.2, -0.15) is 0 Å². The fourth-order valence-electron chi connectivity index (χ4n) is 1.85. The van der Waals surface area contributed by atoms with Crippen molar-refractivity contribution in [2.75, 3.05) is 18.4 Å². The van der Waals surface area contributed by atoms with Crippen molar-refractivity contribution in [2.24, 2.45) is 11.3 Å². The van der Waals surface area contributed by atoms with Gasteiger partial charge in [0.1, 0.15) is 0 Å². The summed E-state index contributed by atoms with van der Waals surface area (Å²) < 4.78 is 0. The fraction of sp³-hybridized carbons (Fsp3) is 0.588. The second kappa shape index (κ2) is 6.78. The first-order chi connectivity index (χ1) is 9.25. The van der Waals surface area contributed by atoms with Crippen molar-refractivity contribution in [3.8, 4) is 0 Å². The molecule has 1 atom stereocenters. The molecule has 1 aromatic carbocycles. The molecule has 1 unspecified atom stereocenters. The van der Waals surface area contributed by atoms with E-state index in [0.29, 0.717) is 12.5 Å². The molecule has 0 spiro atoms. The summed E-state index contributed by atoms with van der Waals surface area (Å²) >= 11 is 0. The van der Waals surface area contributed by atoms with Crippen LogP contribution < -0.4 is 10.6 Å². The molecule has 3 heteroatoms. The number of benzene rings is 1. The van der Waals surface area contributed by atoms with Gasteiger partial charge in [-0.25, -0.2) is 0 Å². The monoisotopic (exact) mass is 276 g/mol. The summed E-state index contributed by atoms with van der Waals surface area (Å²) in [4.78, 5) is 12.2. The molecule has 3 nitrogen and oxygen atoms in total. The molecule has 0 aliphatic carbocycles. The van der Waals surface area contributed by atoms with Gasteiger partial charge >= 0.3 is 0 Å². The minimum Gasteiger partial charge on any atom is -0.385 e. The molecule has 0 heterocycles. The minimum atomic E-state index is 0.00671. The molecule has 0 aliphatic heterocycles. The van der Waals surface area contributed by atoms with E-state index in [0.717, 1.165) is 23.4 Å². The zero-order chi connectivity index (χ0) is 15.3. The topological polar surface area (TPSA) is 41.1 Å². The number of rotatable bonds is 5. The summed E-state index contributed by atoms with van der Waals surface area (Å²) in [5, 5.41) is 6.30. The first-order valence-corrected chi connectivity index (χ1v) is 7.38. The van der Waals surface area contributed by atoms with Crippen LogP contribution >= 0.6 is 0 Å². The summed E-state index contributed by atoms with van der Waals surface area (Å²) in [5.41, 5.74) is 3.12. The van der Waals surface area contributed by atoms with Gasteiger partial charge in [0.15, 0.2) is 0 Å². The van der Waals surface area contributed by atoms with Gasteiger partial charge in [0, 0.05) is 24.3 Å². The molecule has 1 aromatic rings. The molecule has 20 heavy (non-hydrogen) atoms. The first kappa shape index (κ1) is 16.5. The Morgan fingerprint density at radius 1 is 1.30 bits per heavy atom. The van der Waals surface area contributed by atoms with Gasteiger partial charge in [0.2, 0.25) is 0 Å². The molecular weight excluding hydrogens is 248 g/mol. The highest BCUT2D eigenvalue weighted by Gasteiger charge is 2.20. The van der Waals surface area contributed by atoms with E-state index < -0.39 is 0 Å². The lowest BCUT2D eigenvalue weighted by Gasteiger charge is -2.27. The van der Waals surface area contributed by atoms with Crippen LogP contribution in [-0.2, 0) is 0 Å². The van der Waals surface area contributed by atoms with Crippen LogP contribution in [0.1, 0.15) is 50.5 Å². The third-order valence-electron chi connectivity index (χ3n) is 3.90. The van der Waals surface area contributed by atoms with E-state index in [1.165, 1.54) is 0 Å². The highest BCUT2D eigenvalue weighted by Crippen LogP contribution is 2.24. The van der Waals surface area contributed by atoms with Crippen LogP contribution in [0.5, 0.6) is 0 Å². The maximum absolute atomic E-state index is 12.2. The Kier molecular flexibility index (Phi) is 5.61. The molecule has 0 fully saturated rings. The Morgan fingerprint density at radius 3 is 2.45 bits per heavy atom. The Balaban J connectivity index is 2.67. The van der Waals surface area contributed by atoms with E-state index in [1.807, 2.05) is 25.1 Å². The predicted molar refractivity (Wildman–Crippen MR) is 86.3 cm³/mol. The van der Waals surface area contributed by atoms with Crippen LogP contribution in [0.15, 0.2) is 18.2 Å². The molecule has 1 amide bonds. The summed E-state index contributed by atoms with van der Waals surface area (Å²) in [6, 6.07) is 5.79. The third kappa shape index (κ3) is 4.55. The highest BCUT2D eigenvalue weighted by atomic mass is 16.1. The van der Waals surface area contributed by atoms with Crippen molar-refractivity contribution in [3.05, 3.63) is 29.3 Å². The molecule has 112 valence electrons. The number of hydrogen-bond donors (Lipinski definition) is 2. The van der Waals surface area contributed by atoms with Crippen molar-refractivity contribution in [2.45, 2.75) is 41.5 Å². The first-order valence-electron chi connectivity index (χ1n) is 7.38. The van der Waals surface area contributed by atoms with E-state index in [-0.39, 0.29) is 11.3 Å². The van der Waals surface area contributed by atoms with Gasteiger partial charge in [-0.15, -0.1) is 0 Å². The minimum absolute atomic E-state index is 0.00671. The third-order valence-corrected chi connectivity index (χ3v) is 3.90. The molecule has 1 rings (SSSR count). The van der Waals surface area contributed by atoms with Gasteiger partial charge in [-0.05, 0) is 48.9 Å². The number of hydrogen-bond acceptors (Lipinski definition) is 2. The van der Waals surface area contributed by atoms with Crippen LogP contribution in [-0.4, -0.2) is 19.0 Å². The summed E-state index contributed by atoms with van der Waals surface area (Å²) in [7, 11) is 0. The van der Waals surface area contributed by atoms with Gasteiger partial charge < -0.3 is 10.6 Å². The Bertz CT molecular complexity index is 461. The molecular formula is C17H28N2O. The van der Waals surface area contributed by atoms with E-state index >= 15 is 0 Å². The number of carbonyl (C=O) groups is 1. The van der Waals surface area contributed by atoms with Gasteiger partial charge in [-0.1, -0.05) is 27.7 Å². The lowest BCUT2D eigenvalue weighted by Crippen LogP contribution is -2.33. The average molecular weight is 276 g/mol. The van der Waals surface area contributed by atoms with Crippen LogP contribution in [0.2, 0.25) is 0 Å². The van der Waals surface area contributed by atoms with E-state index in [9.17, 15) is 4.79 Å². The Hall–Kier alpha value is -1.51. The SMILES string of the molecule is CCNc1ccc(C(=O)NCC(C)C(C)(C)C)cc1C. The Labute approximate surface area is 123 Å². The van der Waals surface area contributed by atoms with Crippen LogP contribution in [0.3, 0.4) is 0 Å². The predicted octanol–water partition coefficient (Wildman–Crippen LogP) is 3.84. The number of aryl methyl sites for hydroxylation is 1. The number of anilines is 1. The summed E-state index contributed by atoms with van der Waals surface area (Å²) in [6.07, 6.45) is 0. The molecule has 0 radical (unpaired) electrons. The van der Waals surface area contributed by atoms with Crippen molar-refractivity contribution < 1.29 is 4.79 Å². The van der Waals surface area contributed by atoms with E-state index in [1.54, 1.807) is 0 Å². The highest BCUT2D eigenvalue weighted by molar-refractivity contribution is 5.94. The standard InChI is InChI=1S/C17H28N2O/c1-7-18-15-9-8-14(10-12(15)2)16(20)19-11-13(3)17(4,5)6/h8-10,13,18H,7,11H2,1-6H3,(H,19,20).